The van der Waals surface area contributed by atoms with E-state index in [4.69, 9.17) is 10.00 Å². The summed E-state index contributed by atoms with van der Waals surface area (Å²) in [6.45, 7) is 6.60. The van der Waals surface area contributed by atoms with E-state index in [2.05, 4.69) is 25.6 Å². The van der Waals surface area contributed by atoms with Crippen molar-refractivity contribution >= 4 is 28.8 Å². The summed E-state index contributed by atoms with van der Waals surface area (Å²) >= 11 is 0. The minimum Gasteiger partial charge on any atom is -0.444 e. The molecule has 0 radical (unpaired) electrons. The summed E-state index contributed by atoms with van der Waals surface area (Å²) in [5.74, 6) is -0.256. The minimum absolute atomic E-state index is 0.00749. The van der Waals surface area contributed by atoms with E-state index in [-0.39, 0.29) is 23.4 Å². The fourth-order valence-electron chi connectivity index (χ4n) is 3.53. The van der Waals surface area contributed by atoms with Gasteiger partial charge in [0.25, 0.3) is 0 Å². The highest BCUT2D eigenvalue weighted by molar-refractivity contribution is 5.84. The molecule has 0 unspecified atom stereocenters. The molecule has 1 saturated heterocycles. The molecule has 1 aliphatic rings. The molecule has 32 heavy (non-hydrogen) atoms. The first-order valence-electron chi connectivity index (χ1n) is 10.3. The molecule has 2 aromatic heterocycles. The largest absolute Gasteiger partial charge is 0.444 e. The molecule has 166 valence electrons. The van der Waals surface area contributed by atoms with Crippen molar-refractivity contribution in [3.05, 3.63) is 35.9 Å². The number of piperidine rings is 1. The fraction of sp³-hybridized carbons (Fsp3) is 0.429. The van der Waals surface area contributed by atoms with Crippen LogP contribution in [0.25, 0.3) is 11.2 Å². The van der Waals surface area contributed by atoms with Crippen LogP contribution in [0.5, 0.6) is 0 Å². The Morgan fingerprint density at radius 3 is 2.69 bits per heavy atom. The highest BCUT2D eigenvalue weighted by Gasteiger charge is 2.29. The van der Waals surface area contributed by atoms with Crippen LogP contribution in [0.15, 0.2) is 24.5 Å². The molecule has 0 aliphatic carbocycles. The van der Waals surface area contributed by atoms with Gasteiger partial charge in [-0.3, -0.25) is 0 Å². The van der Waals surface area contributed by atoms with E-state index < -0.39 is 11.4 Å². The summed E-state index contributed by atoms with van der Waals surface area (Å²) in [6.07, 6.45) is 2.39. The van der Waals surface area contributed by atoms with Gasteiger partial charge in [0.2, 0.25) is 0 Å². The first-order chi connectivity index (χ1) is 15.2. The minimum atomic E-state index is -0.572. The summed E-state index contributed by atoms with van der Waals surface area (Å²) in [5.41, 5.74) is 0.789. The predicted molar refractivity (Wildman–Crippen MR) is 114 cm³/mol. The van der Waals surface area contributed by atoms with E-state index in [9.17, 15) is 9.18 Å². The third-order valence-corrected chi connectivity index (χ3v) is 5.07. The summed E-state index contributed by atoms with van der Waals surface area (Å²) in [4.78, 5) is 22.5. The van der Waals surface area contributed by atoms with Crippen LogP contribution in [0, 0.1) is 17.1 Å². The number of rotatable bonds is 3. The zero-order valence-corrected chi connectivity index (χ0v) is 18.0. The van der Waals surface area contributed by atoms with Gasteiger partial charge in [-0.2, -0.15) is 5.26 Å². The lowest BCUT2D eigenvalue weighted by atomic mass is 10.1. The van der Waals surface area contributed by atoms with Gasteiger partial charge in [-0.15, -0.1) is 5.10 Å². The molecule has 0 saturated carbocycles. The number of nitriles is 1. The molecule has 3 heterocycles. The summed E-state index contributed by atoms with van der Waals surface area (Å²) in [5, 5.41) is 20.3. The quantitative estimate of drug-likeness (QED) is 0.659. The monoisotopic (exact) mass is 438 g/mol. The van der Waals surface area contributed by atoms with Crippen molar-refractivity contribution in [2.45, 2.75) is 45.3 Å². The standard InChI is InChI=1S/C21H23FN8O2/c1-21(2,3)32-20(31)29-8-6-14(7-9-29)30-19-17(27-28-30)18(24-12-25-19)26-16-5-4-13(11-23)10-15(16)22/h4-5,10,12,14H,6-9H2,1-3H3,(H,24,25,26). The third-order valence-electron chi connectivity index (χ3n) is 5.07. The topological polar surface area (TPSA) is 122 Å². The lowest BCUT2D eigenvalue weighted by Crippen LogP contribution is -2.42. The number of likely N-dealkylation sites (tertiary alicyclic amines) is 1. The molecule has 1 N–H and O–H groups in total. The molecule has 10 nitrogen and oxygen atoms in total. The number of nitrogens with one attached hydrogen (secondary N) is 1. The zero-order valence-electron chi connectivity index (χ0n) is 18.0. The Hall–Kier alpha value is -3.81. The van der Waals surface area contributed by atoms with Crippen molar-refractivity contribution < 1.29 is 13.9 Å². The third kappa shape index (κ3) is 4.44. The van der Waals surface area contributed by atoms with Crippen LogP contribution in [-0.4, -0.2) is 54.6 Å². The molecule has 1 amide bonds. The number of ether oxygens (including phenoxy) is 1. The van der Waals surface area contributed by atoms with Crippen molar-refractivity contribution in [2.24, 2.45) is 0 Å². The van der Waals surface area contributed by atoms with Gasteiger partial charge in [0, 0.05) is 13.1 Å². The second kappa shape index (κ2) is 8.37. The van der Waals surface area contributed by atoms with E-state index in [1.165, 1.54) is 18.5 Å². The van der Waals surface area contributed by atoms with Crippen LogP contribution >= 0.6 is 0 Å². The van der Waals surface area contributed by atoms with Gasteiger partial charge in [0.05, 0.1) is 23.4 Å². The smallest absolute Gasteiger partial charge is 0.410 e. The number of fused-ring (bicyclic) bond motifs is 1. The van der Waals surface area contributed by atoms with Crippen molar-refractivity contribution in [2.75, 3.05) is 18.4 Å². The summed E-state index contributed by atoms with van der Waals surface area (Å²) in [6, 6.07) is 6.04. The van der Waals surface area contributed by atoms with E-state index >= 15 is 0 Å². The van der Waals surface area contributed by atoms with Gasteiger partial charge >= 0.3 is 6.09 Å². The van der Waals surface area contributed by atoms with Crippen LogP contribution in [0.3, 0.4) is 0 Å². The number of carbonyl (C=O) groups is 1. The normalized spacial score (nSPS) is 14.9. The molecule has 1 aliphatic heterocycles. The first kappa shape index (κ1) is 21.4. The Labute approximate surface area is 184 Å². The predicted octanol–water partition coefficient (Wildman–Crippen LogP) is 3.55. The Bertz CT molecular complexity index is 1190. The SMILES string of the molecule is CC(C)(C)OC(=O)N1CCC(n2nnc3c(Nc4ccc(C#N)cc4F)ncnc32)CC1. The van der Waals surface area contributed by atoms with Crippen LogP contribution < -0.4 is 5.32 Å². The van der Waals surface area contributed by atoms with Crippen molar-refractivity contribution in [3.63, 3.8) is 0 Å². The maximum absolute atomic E-state index is 14.3. The number of carbonyl (C=O) groups excluding carboxylic acids is 1. The van der Waals surface area contributed by atoms with Gasteiger partial charge in [0.1, 0.15) is 17.7 Å². The van der Waals surface area contributed by atoms with Gasteiger partial charge in [0.15, 0.2) is 17.0 Å². The molecule has 4 rings (SSSR count). The number of nitrogens with zero attached hydrogens (tertiary/aromatic N) is 7. The maximum Gasteiger partial charge on any atom is 0.410 e. The number of benzene rings is 1. The summed E-state index contributed by atoms with van der Waals surface area (Å²) < 4.78 is 21.5. The number of anilines is 2. The van der Waals surface area contributed by atoms with E-state index in [1.807, 2.05) is 26.8 Å². The molecule has 3 aromatic rings. The van der Waals surface area contributed by atoms with Crippen LogP contribution in [0.2, 0.25) is 0 Å². The Morgan fingerprint density at radius 1 is 1.28 bits per heavy atom. The van der Waals surface area contributed by atoms with Gasteiger partial charge in [-0.25, -0.2) is 23.8 Å². The molecule has 1 fully saturated rings. The maximum atomic E-state index is 14.3. The summed E-state index contributed by atoms with van der Waals surface area (Å²) in [7, 11) is 0. The van der Waals surface area contributed by atoms with Crippen molar-refractivity contribution in [3.8, 4) is 6.07 Å². The van der Waals surface area contributed by atoms with E-state index in [0.29, 0.717) is 42.9 Å². The lowest BCUT2D eigenvalue weighted by Gasteiger charge is -2.33. The fourth-order valence-corrected chi connectivity index (χ4v) is 3.53. The molecule has 0 atom stereocenters. The van der Waals surface area contributed by atoms with Gasteiger partial charge in [-0.05, 0) is 51.8 Å². The van der Waals surface area contributed by atoms with Gasteiger partial charge < -0.3 is 15.0 Å². The van der Waals surface area contributed by atoms with Crippen LogP contribution in [-0.2, 0) is 4.74 Å². The Balaban J connectivity index is 1.51. The number of aromatic nitrogens is 5. The molecule has 0 bridgehead atoms. The molecular weight excluding hydrogens is 415 g/mol. The molecule has 11 heteroatoms. The van der Waals surface area contributed by atoms with E-state index in [1.54, 1.807) is 9.58 Å². The Kier molecular flexibility index (Phi) is 5.61. The van der Waals surface area contributed by atoms with Crippen molar-refractivity contribution in [1.29, 1.82) is 5.26 Å². The molecule has 1 aromatic carbocycles. The number of hydrogen-bond acceptors (Lipinski definition) is 8. The lowest BCUT2D eigenvalue weighted by molar-refractivity contribution is 0.0185. The van der Waals surface area contributed by atoms with Crippen LogP contribution in [0.1, 0.15) is 45.2 Å². The second-order valence-electron chi connectivity index (χ2n) is 8.56. The zero-order chi connectivity index (χ0) is 22.9. The average molecular weight is 438 g/mol. The number of amides is 1. The average Bonchev–Trinajstić information content (AvgIpc) is 3.19. The molecule has 0 spiro atoms. The Morgan fingerprint density at radius 2 is 2.03 bits per heavy atom. The van der Waals surface area contributed by atoms with E-state index in [0.717, 1.165) is 6.07 Å². The number of halogens is 1. The number of hydrogen-bond donors (Lipinski definition) is 1. The first-order valence-corrected chi connectivity index (χ1v) is 10.3. The molecular formula is C21H23FN8O2. The van der Waals surface area contributed by atoms with Crippen molar-refractivity contribution in [1.82, 2.24) is 29.9 Å². The highest BCUT2D eigenvalue weighted by atomic mass is 19.1. The van der Waals surface area contributed by atoms with Crippen LogP contribution in [0.4, 0.5) is 20.7 Å². The second-order valence-corrected chi connectivity index (χ2v) is 8.56. The highest BCUT2D eigenvalue weighted by Crippen LogP contribution is 2.28. The van der Waals surface area contributed by atoms with Gasteiger partial charge in [-0.1, -0.05) is 5.21 Å².